The highest BCUT2D eigenvalue weighted by molar-refractivity contribution is 5.87. The van der Waals surface area contributed by atoms with E-state index >= 15 is 0 Å². The number of nitrogens with zero attached hydrogens (tertiary/aromatic N) is 2. The second-order valence-electron chi connectivity index (χ2n) is 14.5. The summed E-state index contributed by atoms with van der Waals surface area (Å²) >= 11 is 0. The van der Waals surface area contributed by atoms with Gasteiger partial charge in [0.05, 0.1) is 13.1 Å². The molecule has 2 aromatic carbocycles. The number of halogens is 2. The lowest BCUT2D eigenvalue weighted by atomic mass is 9.99. The molecular formula is C36H48F2N2O8. The molecule has 2 heterocycles. The van der Waals surface area contributed by atoms with Crippen LogP contribution in [0.3, 0.4) is 0 Å². The Labute approximate surface area is 281 Å². The van der Waals surface area contributed by atoms with E-state index in [1.54, 1.807) is 41.5 Å². The zero-order chi connectivity index (χ0) is 35.9. The molecule has 12 heteroatoms. The third-order valence-corrected chi connectivity index (χ3v) is 7.72. The molecule has 0 unspecified atom stereocenters. The van der Waals surface area contributed by atoms with Crippen LogP contribution in [0.25, 0.3) is 0 Å². The number of alkyl halides is 2. The smallest absolute Gasteiger partial charge is 0.411 e. The molecule has 2 aliphatic rings. The van der Waals surface area contributed by atoms with E-state index in [1.165, 1.54) is 13.8 Å². The minimum absolute atomic E-state index is 0.0778. The molecule has 2 amide bonds. The SMILES string of the molecule is CC(C)(C)OC(=O)N1C[C@H](F)C[C@@]1(C)C(=O)OCc1ccccc1.CC(C)(C)OC(=O)N1C[C@H](F)C[C@]1(C)C(=O)OCc1ccccc1. The van der Waals surface area contributed by atoms with E-state index in [-0.39, 0.29) is 39.1 Å². The summed E-state index contributed by atoms with van der Waals surface area (Å²) in [6, 6.07) is 18.4. The van der Waals surface area contributed by atoms with E-state index in [4.69, 9.17) is 18.9 Å². The first kappa shape index (κ1) is 38.2. The average Bonchev–Trinajstić information content (AvgIpc) is 3.49. The van der Waals surface area contributed by atoms with Gasteiger partial charge in [-0.3, -0.25) is 9.80 Å². The van der Waals surface area contributed by atoms with E-state index in [0.717, 1.165) is 20.9 Å². The first-order valence-electron chi connectivity index (χ1n) is 16.0. The highest BCUT2D eigenvalue weighted by atomic mass is 19.1. The molecule has 2 saturated heterocycles. The van der Waals surface area contributed by atoms with Crippen LogP contribution >= 0.6 is 0 Å². The summed E-state index contributed by atoms with van der Waals surface area (Å²) < 4.78 is 49.1. The number of carbonyl (C=O) groups excluding carboxylic acids is 4. The minimum atomic E-state index is -1.36. The van der Waals surface area contributed by atoms with Gasteiger partial charge in [-0.25, -0.2) is 28.0 Å². The summed E-state index contributed by atoms with van der Waals surface area (Å²) in [7, 11) is 0. The van der Waals surface area contributed by atoms with Gasteiger partial charge in [-0.1, -0.05) is 60.7 Å². The summed E-state index contributed by atoms with van der Waals surface area (Å²) in [6.45, 7) is 13.2. The molecule has 264 valence electrons. The zero-order valence-electron chi connectivity index (χ0n) is 29.1. The van der Waals surface area contributed by atoms with E-state index in [2.05, 4.69) is 0 Å². The minimum Gasteiger partial charge on any atom is -0.459 e. The van der Waals surface area contributed by atoms with Crippen molar-refractivity contribution in [2.24, 2.45) is 0 Å². The van der Waals surface area contributed by atoms with E-state index < -0.39 is 58.7 Å². The van der Waals surface area contributed by atoms with Crippen molar-refractivity contribution in [1.82, 2.24) is 9.80 Å². The maximum atomic E-state index is 13.9. The summed E-state index contributed by atoms with van der Waals surface area (Å²) in [6.07, 6.45) is -4.18. The Morgan fingerprint density at radius 3 is 1.25 bits per heavy atom. The molecule has 2 fully saturated rings. The molecule has 2 aromatic rings. The van der Waals surface area contributed by atoms with Gasteiger partial charge in [0.1, 0.15) is 47.8 Å². The maximum absolute atomic E-state index is 13.9. The monoisotopic (exact) mass is 674 g/mol. The van der Waals surface area contributed by atoms with Crippen LogP contribution < -0.4 is 0 Å². The van der Waals surface area contributed by atoms with Crippen molar-refractivity contribution in [3.05, 3.63) is 71.8 Å². The Hall–Kier alpha value is -4.22. The van der Waals surface area contributed by atoms with Crippen molar-refractivity contribution in [3.8, 4) is 0 Å². The largest absolute Gasteiger partial charge is 0.459 e. The number of carbonyl (C=O) groups is 4. The lowest BCUT2D eigenvalue weighted by Gasteiger charge is -2.34. The highest BCUT2D eigenvalue weighted by Crippen LogP contribution is 2.35. The summed E-state index contributed by atoms with van der Waals surface area (Å²) in [5.74, 6) is -1.25. The zero-order valence-corrected chi connectivity index (χ0v) is 29.1. The van der Waals surface area contributed by atoms with Crippen LogP contribution in [0.15, 0.2) is 60.7 Å². The van der Waals surface area contributed by atoms with Crippen LogP contribution in [0.5, 0.6) is 0 Å². The van der Waals surface area contributed by atoms with Crippen LogP contribution in [-0.4, -0.2) is 81.6 Å². The highest BCUT2D eigenvalue weighted by Gasteiger charge is 2.54. The Morgan fingerprint density at radius 2 is 0.958 bits per heavy atom. The normalized spacial score (nSPS) is 23.9. The van der Waals surface area contributed by atoms with Gasteiger partial charge in [0.15, 0.2) is 0 Å². The number of ether oxygens (including phenoxy) is 4. The number of hydrogen-bond donors (Lipinski definition) is 0. The molecule has 0 spiro atoms. The Bertz CT molecular complexity index is 1310. The molecule has 0 saturated carbocycles. The van der Waals surface area contributed by atoms with Crippen molar-refractivity contribution in [1.29, 1.82) is 0 Å². The molecule has 0 bridgehead atoms. The standard InChI is InChI=1S/2C18H24FNO4/c2*1-17(2,3)24-16(22)20-11-14(19)10-18(20,4)15(21)23-12-13-8-6-5-7-9-13/h2*5-9,14H,10-12H2,1-4H3/t14-,18+;14-,18-/m11/s1. The number of likely N-dealkylation sites (tertiary alicyclic amines) is 2. The maximum Gasteiger partial charge on any atom is 0.411 e. The third-order valence-electron chi connectivity index (χ3n) is 7.72. The van der Waals surface area contributed by atoms with Crippen LogP contribution in [0.2, 0.25) is 0 Å². The molecule has 48 heavy (non-hydrogen) atoms. The Kier molecular flexibility index (Phi) is 12.2. The number of hydrogen-bond acceptors (Lipinski definition) is 8. The molecule has 0 N–H and O–H groups in total. The number of benzene rings is 2. The second kappa shape index (κ2) is 15.3. The summed E-state index contributed by atoms with van der Waals surface area (Å²) in [5, 5.41) is 0. The predicted octanol–water partition coefficient (Wildman–Crippen LogP) is 6.93. The van der Waals surface area contributed by atoms with Crippen LogP contribution in [0, 0.1) is 0 Å². The number of rotatable bonds is 6. The fraction of sp³-hybridized carbons (Fsp3) is 0.556. The lowest BCUT2D eigenvalue weighted by Crippen LogP contribution is -2.52. The van der Waals surface area contributed by atoms with Gasteiger partial charge in [-0.2, -0.15) is 0 Å². The second-order valence-corrected chi connectivity index (χ2v) is 14.5. The first-order valence-corrected chi connectivity index (χ1v) is 16.0. The molecular weight excluding hydrogens is 626 g/mol. The fourth-order valence-electron chi connectivity index (χ4n) is 5.34. The van der Waals surface area contributed by atoms with Crippen LogP contribution in [0.1, 0.15) is 79.4 Å². The van der Waals surface area contributed by atoms with Crippen molar-refractivity contribution in [3.63, 3.8) is 0 Å². The number of amides is 2. The van der Waals surface area contributed by atoms with Gasteiger partial charge in [0, 0.05) is 12.8 Å². The molecule has 4 rings (SSSR count). The van der Waals surface area contributed by atoms with Gasteiger partial charge in [-0.15, -0.1) is 0 Å². The van der Waals surface area contributed by atoms with E-state index in [0.29, 0.717) is 0 Å². The molecule has 0 radical (unpaired) electrons. The van der Waals surface area contributed by atoms with Gasteiger partial charge in [-0.05, 0) is 66.5 Å². The van der Waals surface area contributed by atoms with Crippen LogP contribution in [-0.2, 0) is 41.8 Å². The summed E-state index contributed by atoms with van der Waals surface area (Å²) in [5.41, 5.74) is -2.52. The van der Waals surface area contributed by atoms with Gasteiger partial charge < -0.3 is 18.9 Å². The lowest BCUT2D eigenvalue weighted by molar-refractivity contribution is -0.157. The van der Waals surface area contributed by atoms with Gasteiger partial charge in [0.2, 0.25) is 0 Å². The van der Waals surface area contributed by atoms with Crippen molar-refractivity contribution < 1.29 is 46.9 Å². The summed E-state index contributed by atoms with van der Waals surface area (Å²) in [4.78, 5) is 52.0. The van der Waals surface area contributed by atoms with Crippen molar-refractivity contribution >= 4 is 24.1 Å². The van der Waals surface area contributed by atoms with Crippen molar-refractivity contribution in [2.45, 2.75) is 116 Å². The molecule has 4 atom stereocenters. The van der Waals surface area contributed by atoms with E-state index in [9.17, 15) is 28.0 Å². The predicted molar refractivity (Wildman–Crippen MR) is 174 cm³/mol. The quantitative estimate of drug-likeness (QED) is 0.240. The molecule has 2 aliphatic heterocycles. The fourth-order valence-corrected chi connectivity index (χ4v) is 5.34. The average molecular weight is 675 g/mol. The van der Waals surface area contributed by atoms with Crippen LogP contribution in [0.4, 0.5) is 18.4 Å². The third kappa shape index (κ3) is 10.4. The Morgan fingerprint density at radius 1 is 0.646 bits per heavy atom. The van der Waals surface area contributed by atoms with Gasteiger partial charge in [0.25, 0.3) is 0 Å². The van der Waals surface area contributed by atoms with Crippen molar-refractivity contribution in [2.75, 3.05) is 13.1 Å². The molecule has 0 aromatic heterocycles. The van der Waals surface area contributed by atoms with Gasteiger partial charge >= 0.3 is 24.1 Å². The van der Waals surface area contributed by atoms with E-state index in [1.807, 2.05) is 60.7 Å². The first-order chi connectivity index (χ1) is 22.2. The number of esters is 2. The topological polar surface area (TPSA) is 112 Å². The molecule has 10 nitrogen and oxygen atoms in total. The molecule has 0 aliphatic carbocycles. The Balaban J connectivity index is 0.000000260.